The zero-order chi connectivity index (χ0) is 74.0. The molecule has 0 aliphatic heterocycles. The highest BCUT2D eigenvalue weighted by Gasteiger charge is 2.25. The van der Waals surface area contributed by atoms with Crippen molar-refractivity contribution >= 4 is 107 Å². The van der Waals surface area contributed by atoms with E-state index in [0.717, 1.165) is 164 Å². The van der Waals surface area contributed by atoms with Crippen LogP contribution in [0.4, 0.5) is 0 Å². The van der Waals surface area contributed by atoms with Gasteiger partial charge in [0.15, 0.2) is 46.6 Å². The smallest absolute Gasteiger partial charge is 0.164 e. The summed E-state index contributed by atoms with van der Waals surface area (Å²) in [6.07, 6.45) is 0. The summed E-state index contributed by atoms with van der Waals surface area (Å²) in [5.74, 6) is 4.95. The molecular formula is C98H58N10O2S2. The quantitative estimate of drug-likeness (QED) is 0.114. The van der Waals surface area contributed by atoms with Gasteiger partial charge in [0.2, 0.25) is 0 Å². The third-order valence-electron chi connectivity index (χ3n) is 20.3. The van der Waals surface area contributed by atoms with Gasteiger partial charge in [0.25, 0.3) is 0 Å². The van der Waals surface area contributed by atoms with E-state index < -0.39 is 0 Å². The molecule has 0 N–H and O–H groups in total. The van der Waals surface area contributed by atoms with Crippen LogP contribution in [-0.4, -0.2) is 49.8 Å². The summed E-state index contributed by atoms with van der Waals surface area (Å²) < 4.78 is 17.7. The van der Waals surface area contributed by atoms with Crippen LogP contribution in [0, 0.1) is 0 Å². The molecule has 22 rings (SSSR count). The average molecular weight is 1470 g/mol. The summed E-state index contributed by atoms with van der Waals surface area (Å²) in [6, 6.07) is 120. The topological polar surface area (TPSA) is 155 Å². The Hall–Kier alpha value is -14.7. The van der Waals surface area contributed by atoms with Crippen molar-refractivity contribution in [1.29, 1.82) is 0 Å². The van der Waals surface area contributed by atoms with E-state index in [4.69, 9.17) is 58.7 Å². The van der Waals surface area contributed by atoms with Crippen LogP contribution in [0.25, 0.3) is 220 Å². The van der Waals surface area contributed by atoms with Gasteiger partial charge in [-0.3, -0.25) is 0 Å². The molecule has 0 radical (unpaired) electrons. The van der Waals surface area contributed by atoms with Crippen molar-refractivity contribution in [3.63, 3.8) is 0 Å². The van der Waals surface area contributed by atoms with Crippen LogP contribution in [-0.2, 0) is 0 Å². The third kappa shape index (κ3) is 12.0. The summed E-state index contributed by atoms with van der Waals surface area (Å²) in [4.78, 5) is 51.0. The largest absolute Gasteiger partial charge is 0.456 e. The van der Waals surface area contributed by atoms with Gasteiger partial charge in [-0.25, -0.2) is 49.8 Å². The SMILES string of the molecule is c1ccc(-c2ccc(-c3nc(-c4ccccc4)nc(-c4cccc5oc6cc(-c7nc(-c8ccccc8)nc8c7sc7ccccc78)ccc6c45)n3)cc2)cc1.c1ccc(-c2cccc(-c3nc(-c4ccccc4)nc(-c4cccc5oc6cc(-c7nc(-c8ccccc8)nc8c7sc7ccccc78)ccc6c45)n3)c2)cc1. The van der Waals surface area contributed by atoms with E-state index in [9.17, 15) is 0 Å². The second-order valence-electron chi connectivity index (χ2n) is 27.3. The Bertz CT molecular complexity index is 7360. The van der Waals surface area contributed by atoms with Gasteiger partial charge < -0.3 is 8.83 Å². The molecule has 0 bridgehead atoms. The molecule has 0 unspecified atom stereocenters. The number of hydrogen-bond acceptors (Lipinski definition) is 14. The molecular weight excluding hydrogens is 1410 g/mol. The maximum Gasteiger partial charge on any atom is 0.164 e. The molecule has 14 heteroatoms. The Balaban J connectivity index is 0.000000141. The van der Waals surface area contributed by atoms with Crippen molar-refractivity contribution in [2.24, 2.45) is 0 Å². The summed E-state index contributed by atoms with van der Waals surface area (Å²) in [7, 11) is 0. The molecule has 0 fully saturated rings. The van der Waals surface area contributed by atoms with Gasteiger partial charge in [0.05, 0.1) is 31.8 Å². The van der Waals surface area contributed by atoms with Crippen LogP contribution in [0.15, 0.2) is 361 Å². The van der Waals surface area contributed by atoms with Crippen molar-refractivity contribution < 1.29 is 8.83 Å². The molecule has 524 valence electrons. The Kier molecular flexibility index (Phi) is 16.3. The fourth-order valence-corrected chi connectivity index (χ4v) is 17.2. The fraction of sp³-hybridized carbons (Fsp3) is 0. The van der Waals surface area contributed by atoms with E-state index in [1.807, 2.05) is 133 Å². The lowest BCUT2D eigenvalue weighted by Gasteiger charge is -2.10. The highest BCUT2D eigenvalue weighted by molar-refractivity contribution is 7.26. The molecule has 0 aliphatic rings. The molecule has 0 saturated heterocycles. The minimum absolute atomic E-state index is 0.576. The molecule has 0 amide bonds. The zero-order valence-corrected chi connectivity index (χ0v) is 61.2. The first kappa shape index (κ1) is 65.6. The lowest BCUT2D eigenvalue weighted by atomic mass is 10.0. The van der Waals surface area contributed by atoms with E-state index >= 15 is 0 Å². The molecule has 12 nitrogen and oxygen atoms in total. The fourth-order valence-electron chi connectivity index (χ4n) is 14.9. The van der Waals surface area contributed by atoms with Gasteiger partial charge in [-0.2, -0.15) is 0 Å². The van der Waals surface area contributed by atoms with Crippen molar-refractivity contribution in [3.8, 4) is 136 Å². The lowest BCUT2D eigenvalue weighted by molar-refractivity contribution is 0.668. The van der Waals surface area contributed by atoms with Crippen LogP contribution in [0.3, 0.4) is 0 Å². The predicted molar refractivity (Wildman–Crippen MR) is 456 cm³/mol. The van der Waals surface area contributed by atoms with E-state index in [1.54, 1.807) is 22.7 Å². The molecule has 14 aromatic carbocycles. The lowest BCUT2D eigenvalue weighted by Crippen LogP contribution is -2.00. The highest BCUT2D eigenvalue weighted by atomic mass is 32.1. The van der Waals surface area contributed by atoms with Gasteiger partial charge in [-0.05, 0) is 76.9 Å². The van der Waals surface area contributed by atoms with Crippen molar-refractivity contribution in [3.05, 3.63) is 352 Å². The summed E-state index contributed by atoms with van der Waals surface area (Å²) in [5.41, 5.74) is 20.5. The van der Waals surface area contributed by atoms with Crippen LogP contribution in [0.1, 0.15) is 0 Å². The van der Waals surface area contributed by atoms with Gasteiger partial charge in [-0.1, -0.05) is 297 Å². The van der Waals surface area contributed by atoms with E-state index in [1.165, 1.54) is 9.40 Å². The van der Waals surface area contributed by atoms with Gasteiger partial charge >= 0.3 is 0 Å². The molecule has 0 aliphatic carbocycles. The molecule has 8 heterocycles. The van der Waals surface area contributed by atoms with Crippen LogP contribution >= 0.6 is 22.7 Å². The van der Waals surface area contributed by atoms with Crippen molar-refractivity contribution in [1.82, 2.24) is 49.8 Å². The van der Waals surface area contributed by atoms with Crippen molar-refractivity contribution in [2.75, 3.05) is 0 Å². The summed E-state index contributed by atoms with van der Waals surface area (Å²) in [6.45, 7) is 0. The Labute approximate surface area is 649 Å². The van der Waals surface area contributed by atoms with E-state index in [-0.39, 0.29) is 0 Å². The normalized spacial score (nSPS) is 11.6. The maximum atomic E-state index is 6.65. The minimum atomic E-state index is 0.576. The Morgan fingerprint density at radius 1 is 0.188 bits per heavy atom. The molecule has 0 spiro atoms. The number of nitrogens with zero attached hydrogens (tertiary/aromatic N) is 10. The number of thiophene rings is 2. The third-order valence-corrected chi connectivity index (χ3v) is 22.7. The van der Waals surface area contributed by atoms with E-state index in [0.29, 0.717) is 46.6 Å². The van der Waals surface area contributed by atoms with Crippen LogP contribution < -0.4 is 0 Å². The maximum absolute atomic E-state index is 6.65. The minimum Gasteiger partial charge on any atom is -0.456 e. The van der Waals surface area contributed by atoms with Crippen LogP contribution in [0.5, 0.6) is 0 Å². The number of benzene rings is 14. The number of furan rings is 2. The second-order valence-corrected chi connectivity index (χ2v) is 29.4. The average Bonchev–Trinajstić information content (AvgIpc) is 1.58. The van der Waals surface area contributed by atoms with Gasteiger partial charge in [0, 0.05) is 97.4 Å². The standard InChI is InChI=1S/2C49H29N5OS/c1-4-14-30(15-5-1)33-20-12-21-35(28-33)48-52-47(32-18-8-3-9-19-32)53-49(54-48)38-23-13-24-39-42(38)36-27-26-34(29-40(36)55-39)43-45-44(37-22-10-11-25-41(37)56-45)51-46(50-43)31-16-6-2-7-17-31;1-4-13-30(14-5-1)31-23-25-34(26-24-31)48-52-47(33-17-8-3-9-18-33)53-49(54-48)38-20-12-21-39-42(38)36-28-27-35(29-40(36)55-39)43-45-44(37-19-10-11-22-41(37)56-45)51-46(50-43)32-15-6-2-7-16-32/h2*1-29H. The molecule has 8 aromatic heterocycles. The highest BCUT2D eigenvalue weighted by Crippen LogP contribution is 2.46. The van der Waals surface area contributed by atoms with Crippen LogP contribution in [0.2, 0.25) is 0 Å². The first-order valence-electron chi connectivity index (χ1n) is 36.8. The molecule has 22 aromatic rings. The number of aromatic nitrogens is 10. The monoisotopic (exact) mass is 1470 g/mol. The predicted octanol–water partition coefficient (Wildman–Crippen LogP) is 25.9. The number of fused-ring (bicyclic) bond motifs is 12. The zero-order valence-electron chi connectivity index (χ0n) is 59.6. The van der Waals surface area contributed by atoms with Gasteiger partial charge in [0.1, 0.15) is 22.3 Å². The summed E-state index contributed by atoms with van der Waals surface area (Å²) in [5, 5.41) is 6.09. The molecule has 0 atom stereocenters. The Morgan fingerprint density at radius 3 is 0.920 bits per heavy atom. The van der Waals surface area contributed by atoms with E-state index in [2.05, 4.69) is 218 Å². The first-order valence-corrected chi connectivity index (χ1v) is 38.5. The molecule has 0 saturated carbocycles. The van der Waals surface area contributed by atoms with Crippen molar-refractivity contribution in [2.45, 2.75) is 0 Å². The van der Waals surface area contributed by atoms with Gasteiger partial charge in [-0.15, -0.1) is 22.7 Å². The first-order chi connectivity index (χ1) is 55.5. The number of hydrogen-bond donors (Lipinski definition) is 0. The molecule has 112 heavy (non-hydrogen) atoms. The number of rotatable bonds is 12. The Morgan fingerprint density at radius 2 is 0.491 bits per heavy atom. The second kappa shape index (κ2) is 27.8. The summed E-state index contributed by atoms with van der Waals surface area (Å²) >= 11 is 3.44.